The lowest BCUT2D eigenvalue weighted by Gasteiger charge is -2.21. The predicted molar refractivity (Wildman–Crippen MR) is 78.0 cm³/mol. The van der Waals surface area contributed by atoms with Crippen molar-refractivity contribution in [2.75, 3.05) is 18.4 Å². The number of anilines is 1. The molecule has 2 amide bonds. The number of urea groups is 1. The number of carbonyl (C=O) groups excluding carboxylic acids is 1. The van der Waals surface area contributed by atoms with E-state index in [0.29, 0.717) is 13.1 Å². The highest BCUT2D eigenvalue weighted by Gasteiger charge is 2.17. The Hall–Kier alpha value is -2.31. The molecule has 1 heterocycles. The summed E-state index contributed by atoms with van der Waals surface area (Å²) in [4.78, 5) is 13.8. The summed E-state index contributed by atoms with van der Waals surface area (Å²) < 4.78 is 13.9. The van der Waals surface area contributed by atoms with Crippen molar-refractivity contribution < 1.29 is 14.4 Å². The van der Waals surface area contributed by atoms with Gasteiger partial charge in [-0.1, -0.05) is 18.0 Å². The molecule has 0 radical (unpaired) electrons. The van der Waals surface area contributed by atoms with Crippen molar-refractivity contribution in [1.82, 2.24) is 4.90 Å². The zero-order valence-corrected chi connectivity index (χ0v) is 11.7. The second kappa shape index (κ2) is 6.92. The van der Waals surface area contributed by atoms with E-state index >= 15 is 0 Å². The molecule has 0 aliphatic carbocycles. The summed E-state index contributed by atoms with van der Waals surface area (Å²) in [5.74, 6) is -0.804. The van der Waals surface area contributed by atoms with Gasteiger partial charge < -0.3 is 21.2 Å². The van der Waals surface area contributed by atoms with E-state index < -0.39 is 5.82 Å². The summed E-state index contributed by atoms with van der Waals surface area (Å²) in [6.45, 7) is 1.38. The first-order valence-corrected chi connectivity index (χ1v) is 6.95. The van der Waals surface area contributed by atoms with Gasteiger partial charge in [0.1, 0.15) is 5.82 Å². The number of halogens is 1. The van der Waals surface area contributed by atoms with E-state index in [9.17, 15) is 9.18 Å². The molecule has 0 bridgehead atoms. The monoisotopic (exact) mass is 294 g/mol. The summed E-state index contributed by atoms with van der Waals surface area (Å²) >= 11 is 0. The van der Waals surface area contributed by atoms with Gasteiger partial charge in [0.25, 0.3) is 0 Å². The van der Waals surface area contributed by atoms with Crippen LogP contribution in [0.1, 0.15) is 31.2 Å². The molecule has 114 valence electrons. The Morgan fingerprint density at radius 1 is 1.29 bits per heavy atom. The molecule has 1 aromatic carbocycles. The largest absolute Gasteiger partial charge is 0.409 e. The number of carbonyl (C=O) groups is 1. The average molecular weight is 294 g/mol. The van der Waals surface area contributed by atoms with Crippen LogP contribution in [0.5, 0.6) is 0 Å². The summed E-state index contributed by atoms with van der Waals surface area (Å²) in [5.41, 5.74) is 5.72. The third-order valence-electron chi connectivity index (χ3n) is 3.51. The van der Waals surface area contributed by atoms with Crippen LogP contribution < -0.4 is 11.1 Å². The number of amidine groups is 1. The molecule has 1 aromatic rings. The first kappa shape index (κ1) is 15.1. The number of nitrogens with two attached hydrogens (primary N) is 1. The Morgan fingerprint density at radius 2 is 1.95 bits per heavy atom. The Kier molecular flexibility index (Phi) is 4.97. The molecular formula is C14H19FN4O2. The number of oxime groups is 1. The number of benzene rings is 1. The van der Waals surface area contributed by atoms with Crippen molar-refractivity contribution in [3.05, 3.63) is 29.6 Å². The van der Waals surface area contributed by atoms with Crippen LogP contribution >= 0.6 is 0 Å². The molecule has 21 heavy (non-hydrogen) atoms. The summed E-state index contributed by atoms with van der Waals surface area (Å²) in [6.07, 6.45) is 4.18. The van der Waals surface area contributed by atoms with E-state index in [0.717, 1.165) is 31.7 Å². The number of amides is 2. The van der Waals surface area contributed by atoms with E-state index in [1.807, 2.05) is 0 Å². The van der Waals surface area contributed by atoms with Gasteiger partial charge in [-0.3, -0.25) is 0 Å². The van der Waals surface area contributed by atoms with Crippen molar-refractivity contribution in [2.45, 2.75) is 25.7 Å². The molecule has 4 N–H and O–H groups in total. The fourth-order valence-corrected chi connectivity index (χ4v) is 2.30. The third kappa shape index (κ3) is 3.84. The second-order valence-corrected chi connectivity index (χ2v) is 5.01. The molecule has 7 heteroatoms. The fraction of sp³-hybridized carbons (Fsp3) is 0.429. The maximum absolute atomic E-state index is 13.9. The van der Waals surface area contributed by atoms with E-state index in [1.54, 1.807) is 4.90 Å². The Morgan fingerprint density at radius 3 is 2.52 bits per heavy atom. The minimum absolute atomic E-state index is 0.0822. The van der Waals surface area contributed by atoms with Crippen molar-refractivity contribution in [2.24, 2.45) is 10.9 Å². The summed E-state index contributed by atoms with van der Waals surface area (Å²) in [5, 5.41) is 13.9. The van der Waals surface area contributed by atoms with E-state index in [4.69, 9.17) is 10.9 Å². The van der Waals surface area contributed by atoms with Crippen LogP contribution in [0.4, 0.5) is 14.9 Å². The van der Waals surface area contributed by atoms with Gasteiger partial charge in [0.2, 0.25) is 0 Å². The second-order valence-electron chi connectivity index (χ2n) is 5.01. The third-order valence-corrected chi connectivity index (χ3v) is 3.51. The lowest BCUT2D eigenvalue weighted by molar-refractivity contribution is 0.213. The lowest BCUT2D eigenvalue weighted by atomic mass is 10.2. The smallest absolute Gasteiger partial charge is 0.321 e. The van der Waals surface area contributed by atoms with E-state index in [1.165, 1.54) is 12.1 Å². The number of hydrogen-bond donors (Lipinski definition) is 3. The average Bonchev–Trinajstić information content (AvgIpc) is 2.77. The quantitative estimate of drug-likeness (QED) is 0.338. The number of hydrogen-bond acceptors (Lipinski definition) is 3. The number of rotatable bonds is 2. The summed E-state index contributed by atoms with van der Waals surface area (Å²) in [7, 11) is 0. The molecular weight excluding hydrogens is 275 g/mol. The highest BCUT2D eigenvalue weighted by molar-refractivity contribution is 5.98. The van der Waals surface area contributed by atoms with Crippen molar-refractivity contribution in [3.63, 3.8) is 0 Å². The maximum atomic E-state index is 13.9. The van der Waals surface area contributed by atoms with Gasteiger partial charge in [0.15, 0.2) is 5.84 Å². The van der Waals surface area contributed by atoms with Gasteiger partial charge in [0.05, 0.1) is 5.69 Å². The first-order valence-electron chi connectivity index (χ1n) is 6.95. The van der Waals surface area contributed by atoms with Gasteiger partial charge >= 0.3 is 6.03 Å². The molecule has 0 unspecified atom stereocenters. The topological polar surface area (TPSA) is 91.0 Å². The maximum Gasteiger partial charge on any atom is 0.321 e. The minimum Gasteiger partial charge on any atom is -0.409 e. The standard InChI is InChI=1S/C14H19FN4O2/c15-11-9-10(13(16)18-21)5-6-12(11)17-14(20)19-7-3-1-2-4-8-19/h5-6,9,21H,1-4,7-8H2,(H2,16,18)(H,17,20). The van der Waals surface area contributed by atoms with Crippen LogP contribution in [0.3, 0.4) is 0 Å². The fourth-order valence-electron chi connectivity index (χ4n) is 2.30. The van der Waals surface area contributed by atoms with Gasteiger partial charge in [-0.15, -0.1) is 0 Å². The molecule has 1 fully saturated rings. The zero-order chi connectivity index (χ0) is 15.2. The molecule has 1 aliphatic heterocycles. The molecule has 0 saturated carbocycles. The molecule has 1 saturated heterocycles. The van der Waals surface area contributed by atoms with Gasteiger partial charge in [-0.25, -0.2) is 9.18 Å². The zero-order valence-electron chi connectivity index (χ0n) is 11.7. The molecule has 0 atom stereocenters. The molecule has 0 aromatic heterocycles. The Labute approximate surface area is 122 Å². The van der Waals surface area contributed by atoms with Crippen LogP contribution in [0.25, 0.3) is 0 Å². The first-order chi connectivity index (χ1) is 10.1. The van der Waals surface area contributed by atoms with Crippen LogP contribution in [-0.4, -0.2) is 35.1 Å². The van der Waals surface area contributed by atoms with Crippen molar-refractivity contribution in [1.29, 1.82) is 0 Å². The number of nitrogens with zero attached hydrogens (tertiary/aromatic N) is 2. The predicted octanol–water partition coefficient (Wildman–Crippen LogP) is 2.33. The molecule has 2 rings (SSSR count). The molecule has 6 nitrogen and oxygen atoms in total. The highest BCUT2D eigenvalue weighted by Crippen LogP contribution is 2.17. The molecule has 1 aliphatic rings. The highest BCUT2D eigenvalue weighted by atomic mass is 19.1. The van der Waals surface area contributed by atoms with E-state index in [-0.39, 0.29) is 23.1 Å². The van der Waals surface area contributed by atoms with Crippen molar-refractivity contribution in [3.8, 4) is 0 Å². The van der Waals surface area contributed by atoms with Crippen LogP contribution in [-0.2, 0) is 0 Å². The lowest BCUT2D eigenvalue weighted by Crippen LogP contribution is -2.35. The Balaban J connectivity index is 2.06. The minimum atomic E-state index is -0.623. The summed E-state index contributed by atoms with van der Waals surface area (Å²) in [6, 6.07) is 3.70. The van der Waals surface area contributed by atoms with Crippen molar-refractivity contribution >= 4 is 17.6 Å². The van der Waals surface area contributed by atoms with Crippen LogP contribution in [0.2, 0.25) is 0 Å². The number of likely N-dealkylation sites (tertiary alicyclic amines) is 1. The van der Waals surface area contributed by atoms with Gasteiger partial charge in [-0.2, -0.15) is 0 Å². The van der Waals surface area contributed by atoms with Crippen LogP contribution in [0.15, 0.2) is 23.4 Å². The Bertz CT molecular complexity index is 540. The van der Waals surface area contributed by atoms with Crippen LogP contribution in [0, 0.1) is 5.82 Å². The SMILES string of the molecule is N/C(=N/O)c1ccc(NC(=O)N2CCCCCC2)c(F)c1. The van der Waals surface area contributed by atoms with Gasteiger partial charge in [0, 0.05) is 18.7 Å². The normalized spacial score (nSPS) is 16.4. The van der Waals surface area contributed by atoms with E-state index in [2.05, 4.69) is 10.5 Å². The van der Waals surface area contributed by atoms with Gasteiger partial charge in [-0.05, 0) is 31.0 Å². The molecule has 0 spiro atoms. The number of nitrogens with one attached hydrogen (secondary N) is 1.